The minimum absolute atomic E-state index is 0.0631. The first kappa shape index (κ1) is 33.9. The number of hydrogen-bond acceptors (Lipinski definition) is 8. The number of carbonyl (C=O) groups excluding carboxylic acids is 4. The second-order valence-corrected chi connectivity index (χ2v) is 13.0. The number of aliphatic hydroxyl groups excluding tert-OH is 1. The molecule has 11 nitrogen and oxygen atoms in total. The van der Waals surface area contributed by atoms with Gasteiger partial charge in [0.05, 0.1) is 37.3 Å². The van der Waals surface area contributed by atoms with Crippen LogP contribution in [0.4, 0.5) is 5.69 Å². The van der Waals surface area contributed by atoms with Gasteiger partial charge >= 0.3 is 5.97 Å². The van der Waals surface area contributed by atoms with Crippen LogP contribution in [0.3, 0.4) is 0 Å². The van der Waals surface area contributed by atoms with Crippen molar-refractivity contribution in [2.24, 2.45) is 11.8 Å². The average molecular weight is 678 g/mol. The van der Waals surface area contributed by atoms with E-state index >= 15 is 0 Å². The number of fused-ring (bicyclic) bond motifs is 2. The highest BCUT2D eigenvalue weighted by molar-refractivity contribution is 6.30. The Balaban J connectivity index is 1.46. The number of likely N-dealkylation sites (tertiary alicyclic amines) is 1. The topological polar surface area (TPSA) is 135 Å². The van der Waals surface area contributed by atoms with Gasteiger partial charge in [-0.05, 0) is 42.7 Å². The van der Waals surface area contributed by atoms with E-state index in [1.165, 1.54) is 12.0 Å². The standard InChI is InChI=1S/C36H40ClN3O8/c1-3-24(20-41)40-32-34(44)39(25-16-14-23(37)15-17-25)19-9-18-36(32)30(33(40)43)29-27(48-36)12-7-8-13-28(42)38-26(21-46-2)31(47-35(29)45)22-10-5-4-6-11-22/h4-7,9-12,14-18,24,26-27,29-32,41H,3,8,13,19-21H2,1-2H3,(H,38,42)/b12-7-/t24-,26+,27+,29-,30-,31+,32+,36-/m0/s1. The normalized spacial score (nSPS) is 31.8. The molecule has 0 radical (unpaired) electrons. The van der Waals surface area contributed by atoms with E-state index in [4.69, 9.17) is 25.8 Å². The fraction of sp³-hybridized carbons (Fsp3) is 0.444. The number of rotatable bonds is 7. The van der Waals surface area contributed by atoms with Crippen LogP contribution in [-0.2, 0) is 33.4 Å². The van der Waals surface area contributed by atoms with Crippen LogP contribution < -0.4 is 10.2 Å². The summed E-state index contributed by atoms with van der Waals surface area (Å²) >= 11 is 6.14. The second kappa shape index (κ2) is 14.2. The van der Waals surface area contributed by atoms with E-state index in [0.717, 1.165) is 0 Å². The molecular weight excluding hydrogens is 638 g/mol. The molecule has 2 saturated heterocycles. The summed E-state index contributed by atoms with van der Waals surface area (Å²) in [7, 11) is 1.50. The number of aliphatic hydroxyl groups is 1. The van der Waals surface area contributed by atoms with Crippen molar-refractivity contribution in [2.75, 3.05) is 31.8 Å². The van der Waals surface area contributed by atoms with Crippen LogP contribution in [0.1, 0.15) is 37.9 Å². The van der Waals surface area contributed by atoms with E-state index in [1.54, 1.807) is 77.7 Å². The Labute approximate surface area is 284 Å². The maximum absolute atomic E-state index is 14.7. The van der Waals surface area contributed by atoms with Gasteiger partial charge in [0.25, 0.3) is 5.91 Å². The molecule has 2 N–H and O–H groups in total. The van der Waals surface area contributed by atoms with Crippen molar-refractivity contribution < 1.29 is 38.5 Å². The summed E-state index contributed by atoms with van der Waals surface area (Å²) in [5.41, 5.74) is -0.327. The number of benzene rings is 2. The summed E-state index contributed by atoms with van der Waals surface area (Å²) in [6.45, 7) is 1.69. The third-order valence-electron chi connectivity index (χ3n) is 9.71. The first-order valence-electron chi connectivity index (χ1n) is 16.3. The van der Waals surface area contributed by atoms with Gasteiger partial charge in [-0.2, -0.15) is 0 Å². The van der Waals surface area contributed by atoms with E-state index in [0.29, 0.717) is 29.1 Å². The average Bonchev–Trinajstić information content (AvgIpc) is 3.47. The molecule has 3 amide bonds. The lowest BCUT2D eigenvalue weighted by Crippen LogP contribution is -2.58. The molecule has 0 unspecified atom stereocenters. The largest absolute Gasteiger partial charge is 0.455 e. The van der Waals surface area contributed by atoms with Crippen molar-refractivity contribution in [3.8, 4) is 0 Å². The smallest absolute Gasteiger partial charge is 0.313 e. The van der Waals surface area contributed by atoms with E-state index < -0.39 is 65.6 Å². The molecule has 4 heterocycles. The molecule has 1 spiro atoms. The van der Waals surface area contributed by atoms with Gasteiger partial charge in [-0.25, -0.2) is 0 Å². The Morgan fingerprint density at radius 3 is 2.50 bits per heavy atom. The minimum Gasteiger partial charge on any atom is -0.455 e. The maximum atomic E-state index is 14.7. The molecule has 4 aliphatic heterocycles. The number of methoxy groups -OCH3 is 1. The van der Waals surface area contributed by atoms with Crippen molar-refractivity contribution in [3.05, 3.63) is 89.5 Å². The Hall–Kier alpha value is -4.03. The first-order valence-corrected chi connectivity index (χ1v) is 16.7. The van der Waals surface area contributed by atoms with Crippen molar-refractivity contribution in [1.29, 1.82) is 0 Å². The van der Waals surface area contributed by atoms with Crippen LogP contribution in [0.5, 0.6) is 0 Å². The van der Waals surface area contributed by atoms with E-state index in [1.807, 2.05) is 13.0 Å². The number of cyclic esters (lactones) is 1. The number of ether oxygens (including phenoxy) is 3. The van der Waals surface area contributed by atoms with Gasteiger partial charge in [0, 0.05) is 30.8 Å². The molecule has 2 aromatic carbocycles. The molecular formula is C36H40ClN3O8. The predicted octanol–water partition coefficient (Wildman–Crippen LogP) is 3.36. The third-order valence-corrected chi connectivity index (χ3v) is 9.96. The molecule has 12 heteroatoms. The number of hydrogen-bond donors (Lipinski definition) is 2. The van der Waals surface area contributed by atoms with Gasteiger partial charge in [-0.3, -0.25) is 19.2 Å². The van der Waals surface area contributed by atoms with E-state index in [9.17, 15) is 24.3 Å². The van der Waals surface area contributed by atoms with Crippen molar-refractivity contribution in [3.63, 3.8) is 0 Å². The summed E-state index contributed by atoms with van der Waals surface area (Å²) in [6.07, 6.45) is 5.96. The fourth-order valence-electron chi connectivity index (χ4n) is 7.49. The Bertz CT molecular complexity index is 1580. The lowest BCUT2D eigenvalue weighted by molar-refractivity contribution is -0.162. The lowest BCUT2D eigenvalue weighted by atomic mass is 9.77. The van der Waals surface area contributed by atoms with E-state index in [2.05, 4.69) is 5.32 Å². The zero-order valence-electron chi connectivity index (χ0n) is 26.9. The monoisotopic (exact) mass is 677 g/mol. The molecule has 0 bridgehead atoms. The summed E-state index contributed by atoms with van der Waals surface area (Å²) in [4.78, 5) is 59.8. The highest BCUT2D eigenvalue weighted by atomic mass is 35.5. The molecule has 8 atom stereocenters. The maximum Gasteiger partial charge on any atom is 0.313 e. The van der Waals surface area contributed by atoms with Crippen LogP contribution in [0.25, 0.3) is 0 Å². The van der Waals surface area contributed by atoms with Crippen molar-refractivity contribution in [2.45, 2.75) is 62.1 Å². The van der Waals surface area contributed by atoms with Crippen molar-refractivity contribution in [1.82, 2.24) is 10.2 Å². The number of nitrogens with zero attached hydrogens (tertiary/aromatic N) is 2. The van der Waals surface area contributed by atoms with Gasteiger partial charge in [0.1, 0.15) is 23.7 Å². The fourth-order valence-corrected chi connectivity index (χ4v) is 7.62. The number of nitrogens with one attached hydrogen (secondary N) is 1. The van der Waals surface area contributed by atoms with Crippen LogP contribution >= 0.6 is 11.6 Å². The number of anilines is 1. The van der Waals surface area contributed by atoms with Crippen LogP contribution in [0.2, 0.25) is 5.02 Å². The zero-order chi connectivity index (χ0) is 34.0. The second-order valence-electron chi connectivity index (χ2n) is 12.5. The van der Waals surface area contributed by atoms with Gasteiger partial charge < -0.3 is 34.4 Å². The lowest BCUT2D eigenvalue weighted by Gasteiger charge is -2.38. The first-order chi connectivity index (χ1) is 23.2. The quantitative estimate of drug-likeness (QED) is 0.337. The summed E-state index contributed by atoms with van der Waals surface area (Å²) in [6, 6.07) is 13.3. The van der Waals surface area contributed by atoms with Crippen molar-refractivity contribution >= 4 is 41.0 Å². The molecule has 4 aliphatic rings. The Morgan fingerprint density at radius 1 is 1.06 bits per heavy atom. The predicted molar refractivity (Wildman–Crippen MR) is 177 cm³/mol. The van der Waals surface area contributed by atoms with Crippen LogP contribution in [0, 0.1) is 11.8 Å². The summed E-state index contributed by atoms with van der Waals surface area (Å²) in [5.74, 6) is -4.09. The number of halogens is 1. The number of carbonyl (C=O) groups is 4. The molecule has 6 rings (SSSR count). The molecule has 0 aliphatic carbocycles. The van der Waals surface area contributed by atoms with Gasteiger partial charge in [-0.1, -0.05) is 73.2 Å². The number of esters is 1. The third kappa shape index (κ3) is 6.04. The minimum atomic E-state index is -1.54. The van der Waals surface area contributed by atoms with E-state index in [-0.39, 0.29) is 32.1 Å². The Kier molecular flexibility index (Phi) is 10.0. The molecule has 0 saturated carbocycles. The van der Waals surface area contributed by atoms with Crippen LogP contribution in [-0.4, -0.2) is 90.4 Å². The number of allylic oxidation sites excluding steroid dienone is 1. The highest BCUT2D eigenvalue weighted by Crippen LogP contribution is 2.54. The SMILES string of the molecule is CC[C@@H](CO)N1C(=O)[C@@H]2[C@H]3C(=O)O[C@H](c4ccccc4)[C@@H](COC)NC(=O)CC/C=C\[C@H]3O[C@@]23C=CCN(c2ccc(Cl)cc2)C(=O)[C@@H]13. The van der Waals surface area contributed by atoms with Gasteiger partial charge in [0.2, 0.25) is 11.8 Å². The molecule has 0 aromatic heterocycles. The van der Waals surface area contributed by atoms with Gasteiger partial charge in [-0.15, -0.1) is 0 Å². The highest BCUT2D eigenvalue weighted by Gasteiger charge is 2.72. The zero-order valence-corrected chi connectivity index (χ0v) is 27.6. The number of amides is 3. The molecule has 48 heavy (non-hydrogen) atoms. The molecule has 254 valence electrons. The molecule has 2 aromatic rings. The summed E-state index contributed by atoms with van der Waals surface area (Å²) in [5, 5.41) is 13.9. The van der Waals surface area contributed by atoms with Crippen LogP contribution in [0.15, 0.2) is 78.9 Å². The molecule has 2 fully saturated rings. The Morgan fingerprint density at radius 2 is 1.81 bits per heavy atom. The van der Waals surface area contributed by atoms with Gasteiger partial charge in [0.15, 0.2) is 0 Å². The summed E-state index contributed by atoms with van der Waals surface area (Å²) < 4.78 is 18.5.